The Morgan fingerprint density at radius 3 is 2.56 bits per heavy atom. The second-order valence-corrected chi connectivity index (χ2v) is 6.66. The Balaban J connectivity index is 1.82. The lowest BCUT2D eigenvalue weighted by Gasteiger charge is -2.42. The number of nitrogens with zero attached hydrogens (tertiary/aromatic N) is 1. The molecule has 0 amide bonds. The van der Waals surface area contributed by atoms with Crippen molar-refractivity contribution in [2.45, 2.75) is 71.4 Å². The molecule has 1 saturated heterocycles. The summed E-state index contributed by atoms with van der Waals surface area (Å²) in [4.78, 5) is 2.81. The minimum Gasteiger partial charge on any atom is -0.314 e. The number of likely N-dealkylation sites (tertiary alicyclic amines) is 1. The van der Waals surface area contributed by atoms with Gasteiger partial charge in [0.2, 0.25) is 0 Å². The minimum absolute atomic E-state index is 0.695. The fourth-order valence-electron chi connectivity index (χ4n) is 3.88. The fourth-order valence-corrected chi connectivity index (χ4v) is 3.88. The molecule has 0 aromatic carbocycles. The maximum atomic E-state index is 3.62. The summed E-state index contributed by atoms with van der Waals surface area (Å²) in [6, 6.07) is 1.60. The van der Waals surface area contributed by atoms with Crippen LogP contribution < -0.4 is 5.32 Å². The molecule has 1 saturated carbocycles. The van der Waals surface area contributed by atoms with Crippen LogP contribution in [0.25, 0.3) is 0 Å². The maximum absolute atomic E-state index is 3.62. The topological polar surface area (TPSA) is 15.3 Å². The lowest BCUT2D eigenvalue weighted by Crippen LogP contribution is -2.48. The predicted octanol–water partition coefficient (Wildman–Crippen LogP) is 3.28. The van der Waals surface area contributed by atoms with Crippen LogP contribution in [0.2, 0.25) is 0 Å². The molecule has 2 unspecified atom stereocenters. The first-order chi connectivity index (χ1) is 8.70. The number of nitrogens with one attached hydrogen (secondary N) is 1. The highest BCUT2D eigenvalue weighted by Gasteiger charge is 2.30. The molecule has 1 aliphatic carbocycles. The van der Waals surface area contributed by atoms with Crippen LogP contribution in [-0.4, -0.2) is 36.6 Å². The summed E-state index contributed by atoms with van der Waals surface area (Å²) in [5.41, 5.74) is 0. The average molecular weight is 252 g/mol. The van der Waals surface area contributed by atoms with Crippen molar-refractivity contribution in [1.82, 2.24) is 10.2 Å². The summed E-state index contributed by atoms with van der Waals surface area (Å²) in [7, 11) is 0. The van der Waals surface area contributed by atoms with Crippen LogP contribution in [0, 0.1) is 11.8 Å². The molecule has 2 nitrogen and oxygen atoms in total. The summed E-state index contributed by atoms with van der Waals surface area (Å²) in [6.07, 6.45) is 8.64. The molecule has 106 valence electrons. The molecule has 18 heavy (non-hydrogen) atoms. The lowest BCUT2D eigenvalue weighted by atomic mass is 9.84. The number of piperidine rings is 1. The van der Waals surface area contributed by atoms with Gasteiger partial charge in [0.1, 0.15) is 0 Å². The van der Waals surface area contributed by atoms with E-state index in [1.807, 2.05) is 0 Å². The normalized spacial score (nSPS) is 36.5. The second-order valence-electron chi connectivity index (χ2n) is 6.66. The zero-order chi connectivity index (χ0) is 13.0. The zero-order valence-corrected chi connectivity index (χ0v) is 12.6. The van der Waals surface area contributed by atoms with Crippen molar-refractivity contribution in [2.24, 2.45) is 11.8 Å². The largest absolute Gasteiger partial charge is 0.314 e. The van der Waals surface area contributed by atoms with Crippen LogP contribution in [0.15, 0.2) is 0 Å². The smallest absolute Gasteiger partial charge is 0.00955 e. The SMILES string of the molecule is CCNC(C)C1CCCN(C2CCC(C)CC2)C1. The van der Waals surface area contributed by atoms with Gasteiger partial charge in [-0.2, -0.15) is 0 Å². The van der Waals surface area contributed by atoms with Gasteiger partial charge in [0.15, 0.2) is 0 Å². The third kappa shape index (κ3) is 3.71. The van der Waals surface area contributed by atoms with Gasteiger partial charge in [0.05, 0.1) is 0 Å². The molecule has 0 radical (unpaired) electrons. The van der Waals surface area contributed by atoms with Crippen molar-refractivity contribution in [3.63, 3.8) is 0 Å². The Labute approximate surface area is 114 Å². The fraction of sp³-hybridized carbons (Fsp3) is 1.00. The Morgan fingerprint density at radius 1 is 1.17 bits per heavy atom. The molecule has 2 fully saturated rings. The van der Waals surface area contributed by atoms with Crippen molar-refractivity contribution < 1.29 is 0 Å². The zero-order valence-electron chi connectivity index (χ0n) is 12.6. The molecule has 0 aromatic rings. The minimum atomic E-state index is 0.695. The highest BCUT2D eigenvalue weighted by atomic mass is 15.2. The van der Waals surface area contributed by atoms with E-state index in [4.69, 9.17) is 0 Å². The lowest BCUT2D eigenvalue weighted by molar-refractivity contribution is 0.0784. The monoisotopic (exact) mass is 252 g/mol. The molecule has 1 heterocycles. The third-order valence-corrected chi connectivity index (χ3v) is 5.22. The summed E-state index contributed by atoms with van der Waals surface area (Å²) in [5.74, 6) is 1.85. The average Bonchev–Trinajstić information content (AvgIpc) is 2.40. The molecule has 2 heteroatoms. The molecule has 0 spiro atoms. The standard InChI is InChI=1S/C16H32N2/c1-4-17-14(3)15-6-5-11-18(12-15)16-9-7-13(2)8-10-16/h13-17H,4-12H2,1-3H3. The van der Waals surface area contributed by atoms with Crippen LogP contribution in [0.5, 0.6) is 0 Å². The van der Waals surface area contributed by atoms with E-state index in [0.717, 1.165) is 24.4 Å². The maximum Gasteiger partial charge on any atom is 0.00955 e. The van der Waals surface area contributed by atoms with Crippen LogP contribution in [0.3, 0.4) is 0 Å². The van der Waals surface area contributed by atoms with E-state index in [9.17, 15) is 0 Å². The van der Waals surface area contributed by atoms with Gasteiger partial charge < -0.3 is 10.2 Å². The van der Waals surface area contributed by atoms with E-state index in [-0.39, 0.29) is 0 Å². The van der Waals surface area contributed by atoms with Crippen molar-refractivity contribution in [1.29, 1.82) is 0 Å². The molecular formula is C16H32N2. The van der Waals surface area contributed by atoms with Crippen LogP contribution in [0.4, 0.5) is 0 Å². The van der Waals surface area contributed by atoms with Crippen LogP contribution >= 0.6 is 0 Å². The summed E-state index contributed by atoms with van der Waals surface area (Å²) in [6.45, 7) is 10.8. The van der Waals surface area contributed by atoms with Gasteiger partial charge in [-0.25, -0.2) is 0 Å². The molecule has 2 atom stereocenters. The first kappa shape index (κ1) is 14.3. The summed E-state index contributed by atoms with van der Waals surface area (Å²) in [5, 5.41) is 3.62. The third-order valence-electron chi connectivity index (χ3n) is 5.22. The first-order valence-corrected chi connectivity index (χ1v) is 8.18. The predicted molar refractivity (Wildman–Crippen MR) is 78.9 cm³/mol. The van der Waals surface area contributed by atoms with E-state index >= 15 is 0 Å². The highest BCUT2D eigenvalue weighted by Crippen LogP contribution is 2.30. The molecule has 2 aliphatic rings. The first-order valence-electron chi connectivity index (χ1n) is 8.18. The van der Waals surface area contributed by atoms with Gasteiger partial charge in [-0.3, -0.25) is 0 Å². The van der Waals surface area contributed by atoms with E-state index in [1.54, 1.807) is 0 Å². The molecule has 0 aromatic heterocycles. The molecular weight excluding hydrogens is 220 g/mol. The Hall–Kier alpha value is -0.0800. The Bertz CT molecular complexity index is 233. The van der Waals surface area contributed by atoms with Crippen molar-refractivity contribution in [2.75, 3.05) is 19.6 Å². The van der Waals surface area contributed by atoms with Crippen molar-refractivity contribution in [3.05, 3.63) is 0 Å². The van der Waals surface area contributed by atoms with Crippen LogP contribution in [-0.2, 0) is 0 Å². The molecule has 1 N–H and O–H groups in total. The van der Waals surface area contributed by atoms with Gasteiger partial charge in [0, 0.05) is 18.6 Å². The molecule has 0 bridgehead atoms. The Morgan fingerprint density at radius 2 is 1.89 bits per heavy atom. The van der Waals surface area contributed by atoms with Gasteiger partial charge in [-0.05, 0) is 70.4 Å². The second kappa shape index (κ2) is 6.91. The number of hydrogen-bond acceptors (Lipinski definition) is 2. The van der Waals surface area contributed by atoms with Gasteiger partial charge in [-0.1, -0.05) is 13.8 Å². The van der Waals surface area contributed by atoms with E-state index in [2.05, 4.69) is 31.0 Å². The number of hydrogen-bond donors (Lipinski definition) is 1. The molecule has 2 rings (SSSR count). The van der Waals surface area contributed by atoms with Gasteiger partial charge in [-0.15, -0.1) is 0 Å². The summed E-state index contributed by atoms with van der Waals surface area (Å²) >= 11 is 0. The van der Waals surface area contributed by atoms with E-state index < -0.39 is 0 Å². The molecule has 1 aliphatic heterocycles. The van der Waals surface area contributed by atoms with Crippen LogP contribution in [0.1, 0.15) is 59.3 Å². The Kier molecular flexibility index (Phi) is 5.50. The van der Waals surface area contributed by atoms with Crippen molar-refractivity contribution >= 4 is 0 Å². The van der Waals surface area contributed by atoms with Gasteiger partial charge >= 0.3 is 0 Å². The quantitative estimate of drug-likeness (QED) is 0.826. The van der Waals surface area contributed by atoms with Gasteiger partial charge in [0.25, 0.3) is 0 Å². The number of rotatable bonds is 4. The van der Waals surface area contributed by atoms with E-state index in [0.29, 0.717) is 6.04 Å². The van der Waals surface area contributed by atoms with Crippen molar-refractivity contribution in [3.8, 4) is 0 Å². The summed E-state index contributed by atoms with van der Waals surface area (Å²) < 4.78 is 0. The van der Waals surface area contributed by atoms with E-state index in [1.165, 1.54) is 51.6 Å². The highest BCUT2D eigenvalue weighted by molar-refractivity contribution is 4.85.